The minimum absolute atomic E-state index is 0.258. The number of nitrogens with zero attached hydrogens (tertiary/aromatic N) is 2. The van der Waals surface area contributed by atoms with Gasteiger partial charge in [0.2, 0.25) is 5.28 Å². The minimum Gasteiger partial charge on any atom is -0.497 e. The Kier molecular flexibility index (Phi) is 3.46. The van der Waals surface area contributed by atoms with Crippen molar-refractivity contribution in [1.29, 1.82) is 0 Å². The smallest absolute Gasteiger partial charge is 0.223 e. The summed E-state index contributed by atoms with van der Waals surface area (Å²) in [5.74, 6) is 1.50. The molecule has 0 bridgehead atoms. The SMILES string of the molecule is COc1cc(OC)cc(-c2cc3cnc(Cl)nc3s2)c1. The van der Waals surface area contributed by atoms with E-state index in [2.05, 4.69) is 9.97 Å². The molecule has 0 unspecified atom stereocenters. The van der Waals surface area contributed by atoms with E-state index in [9.17, 15) is 0 Å². The van der Waals surface area contributed by atoms with E-state index in [1.54, 1.807) is 31.8 Å². The lowest BCUT2D eigenvalue weighted by Gasteiger charge is -2.06. The van der Waals surface area contributed by atoms with Crippen LogP contribution in [0.2, 0.25) is 5.28 Å². The molecule has 0 aliphatic carbocycles. The maximum absolute atomic E-state index is 5.81. The van der Waals surface area contributed by atoms with Gasteiger partial charge in [0, 0.05) is 22.5 Å². The second-order valence-electron chi connectivity index (χ2n) is 4.11. The molecule has 6 heteroatoms. The van der Waals surface area contributed by atoms with E-state index in [4.69, 9.17) is 21.1 Å². The maximum Gasteiger partial charge on any atom is 0.223 e. The Balaban J connectivity index is 2.14. The van der Waals surface area contributed by atoms with Crippen LogP contribution in [0.3, 0.4) is 0 Å². The fourth-order valence-corrected chi connectivity index (χ4v) is 3.08. The zero-order valence-electron chi connectivity index (χ0n) is 10.9. The summed E-state index contributed by atoms with van der Waals surface area (Å²) in [6.45, 7) is 0. The molecule has 0 spiro atoms. The Bertz CT molecular complexity index is 751. The monoisotopic (exact) mass is 306 g/mol. The highest BCUT2D eigenvalue weighted by Crippen LogP contribution is 2.36. The van der Waals surface area contributed by atoms with Gasteiger partial charge in [-0.15, -0.1) is 11.3 Å². The molecule has 1 aromatic carbocycles. The third kappa shape index (κ3) is 2.42. The highest BCUT2D eigenvalue weighted by Gasteiger charge is 2.09. The number of fused-ring (bicyclic) bond motifs is 1. The number of rotatable bonds is 3. The number of methoxy groups -OCH3 is 2. The minimum atomic E-state index is 0.258. The molecule has 2 heterocycles. The molecule has 102 valence electrons. The molecule has 0 N–H and O–H groups in total. The van der Waals surface area contributed by atoms with Crippen molar-refractivity contribution in [1.82, 2.24) is 9.97 Å². The molecule has 3 rings (SSSR count). The van der Waals surface area contributed by atoms with Crippen molar-refractivity contribution in [3.63, 3.8) is 0 Å². The molecular weight excluding hydrogens is 296 g/mol. The lowest BCUT2D eigenvalue weighted by Crippen LogP contribution is -1.87. The van der Waals surface area contributed by atoms with Gasteiger partial charge in [-0.3, -0.25) is 0 Å². The van der Waals surface area contributed by atoms with Crippen LogP contribution in [0.5, 0.6) is 11.5 Å². The molecule has 0 saturated carbocycles. The van der Waals surface area contributed by atoms with Gasteiger partial charge < -0.3 is 9.47 Å². The van der Waals surface area contributed by atoms with E-state index in [-0.39, 0.29) is 5.28 Å². The second kappa shape index (κ2) is 5.26. The van der Waals surface area contributed by atoms with E-state index in [0.29, 0.717) is 0 Å². The van der Waals surface area contributed by atoms with Crippen molar-refractivity contribution in [3.8, 4) is 21.9 Å². The molecule has 2 aromatic heterocycles. The highest BCUT2D eigenvalue weighted by molar-refractivity contribution is 7.21. The average molecular weight is 307 g/mol. The summed E-state index contributed by atoms with van der Waals surface area (Å²) in [5, 5.41) is 1.23. The third-order valence-corrected chi connectivity index (χ3v) is 4.16. The molecule has 0 saturated heterocycles. The van der Waals surface area contributed by atoms with Crippen molar-refractivity contribution in [3.05, 3.63) is 35.7 Å². The number of benzene rings is 1. The van der Waals surface area contributed by atoms with Crippen LogP contribution in [0.25, 0.3) is 20.7 Å². The van der Waals surface area contributed by atoms with E-state index in [1.165, 1.54) is 0 Å². The van der Waals surface area contributed by atoms with Crippen molar-refractivity contribution < 1.29 is 9.47 Å². The summed E-state index contributed by atoms with van der Waals surface area (Å²) in [6.07, 6.45) is 1.72. The van der Waals surface area contributed by atoms with Crippen molar-refractivity contribution >= 4 is 33.2 Å². The van der Waals surface area contributed by atoms with Gasteiger partial charge in [0.25, 0.3) is 0 Å². The topological polar surface area (TPSA) is 44.2 Å². The summed E-state index contributed by atoms with van der Waals surface area (Å²) in [7, 11) is 3.27. The standard InChI is InChI=1S/C14H11ClN2O2S/c1-18-10-3-8(4-11(6-10)19-2)12-5-9-7-16-14(15)17-13(9)20-12/h3-7H,1-2H3. The van der Waals surface area contributed by atoms with Crippen LogP contribution >= 0.6 is 22.9 Å². The third-order valence-electron chi connectivity index (χ3n) is 2.88. The van der Waals surface area contributed by atoms with E-state index < -0.39 is 0 Å². The zero-order valence-corrected chi connectivity index (χ0v) is 12.5. The van der Waals surface area contributed by atoms with Gasteiger partial charge in [-0.05, 0) is 35.4 Å². The number of halogens is 1. The quantitative estimate of drug-likeness (QED) is 0.685. The average Bonchev–Trinajstić information content (AvgIpc) is 2.89. The molecule has 0 fully saturated rings. The summed E-state index contributed by atoms with van der Waals surface area (Å²) >= 11 is 7.37. The van der Waals surface area contributed by atoms with Crippen molar-refractivity contribution in [2.24, 2.45) is 0 Å². The molecule has 0 atom stereocenters. The van der Waals surface area contributed by atoms with Crippen LogP contribution in [-0.4, -0.2) is 24.2 Å². The fourth-order valence-electron chi connectivity index (χ4n) is 1.90. The number of hydrogen-bond donors (Lipinski definition) is 0. The normalized spacial score (nSPS) is 10.8. The van der Waals surface area contributed by atoms with Crippen LogP contribution in [0.4, 0.5) is 0 Å². The lowest BCUT2D eigenvalue weighted by atomic mass is 10.1. The molecular formula is C14H11ClN2O2S. The van der Waals surface area contributed by atoms with Gasteiger partial charge in [0.15, 0.2) is 0 Å². The van der Waals surface area contributed by atoms with Gasteiger partial charge in [-0.1, -0.05) is 0 Å². The predicted molar refractivity (Wildman–Crippen MR) is 81.0 cm³/mol. The molecule has 0 aliphatic heterocycles. The maximum atomic E-state index is 5.81. The van der Waals surface area contributed by atoms with Crippen molar-refractivity contribution in [2.45, 2.75) is 0 Å². The molecule has 0 radical (unpaired) electrons. The Morgan fingerprint density at radius 1 is 1.05 bits per heavy atom. The Morgan fingerprint density at radius 2 is 1.75 bits per heavy atom. The van der Waals surface area contributed by atoms with Crippen molar-refractivity contribution in [2.75, 3.05) is 14.2 Å². The van der Waals surface area contributed by atoms with Crippen LogP contribution in [0.1, 0.15) is 0 Å². The first kappa shape index (κ1) is 13.1. The van der Waals surface area contributed by atoms with Crippen LogP contribution in [-0.2, 0) is 0 Å². The number of aromatic nitrogens is 2. The lowest BCUT2D eigenvalue weighted by molar-refractivity contribution is 0.394. The first-order chi connectivity index (χ1) is 9.69. The zero-order chi connectivity index (χ0) is 14.1. The first-order valence-electron chi connectivity index (χ1n) is 5.85. The Labute approximate surface area is 125 Å². The largest absolute Gasteiger partial charge is 0.497 e. The first-order valence-corrected chi connectivity index (χ1v) is 7.04. The van der Waals surface area contributed by atoms with Crippen LogP contribution in [0.15, 0.2) is 30.5 Å². The number of ether oxygens (including phenoxy) is 2. The van der Waals surface area contributed by atoms with Crippen LogP contribution in [0, 0.1) is 0 Å². The molecule has 20 heavy (non-hydrogen) atoms. The molecule has 0 amide bonds. The van der Waals surface area contributed by atoms with Crippen LogP contribution < -0.4 is 9.47 Å². The number of thiophene rings is 1. The summed E-state index contributed by atoms with van der Waals surface area (Å²) in [6, 6.07) is 7.79. The molecule has 0 aliphatic rings. The number of hydrogen-bond acceptors (Lipinski definition) is 5. The van der Waals surface area contributed by atoms with Gasteiger partial charge in [0.1, 0.15) is 16.3 Å². The fraction of sp³-hybridized carbons (Fsp3) is 0.143. The highest BCUT2D eigenvalue weighted by atomic mass is 35.5. The van der Waals surface area contributed by atoms with E-state index in [1.807, 2.05) is 24.3 Å². The van der Waals surface area contributed by atoms with Gasteiger partial charge >= 0.3 is 0 Å². The second-order valence-corrected chi connectivity index (χ2v) is 5.48. The predicted octanol–water partition coefficient (Wildman–Crippen LogP) is 4.03. The summed E-state index contributed by atoms with van der Waals surface area (Å²) < 4.78 is 10.6. The van der Waals surface area contributed by atoms with Gasteiger partial charge in [-0.25, -0.2) is 9.97 Å². The van der Waals surface area contributed by atoms with E-state index >= 15 is 0 Å². The summed E-state index contributed by atoms with van der Waals surface area (Å²) in [5.41, 5.74) is 1.01. The Hall–Kier alpha value is -1.85. The summed E-state index contributed by atoms with van der Waals surface area (Å²) in [4.78, 5) is 10.1. The van der Waals surface area contributed by atoms with E-state index in [0.717, 1.165) is 32.2 Å². The Morgan fingerprint density at radius 3 is 2.40 bits per heavy atom. The van der Waals surface area contributed by atoms with Gasteiger partial charge in [-0.2, -0.15) is 0 Å². The van der Waals surface area contributed by atoms with Gasteiger partial charge in [0.05, 0.1) is 14.2 Å². The molecule has 4 nitrogen and oxygen atoms in total. The molecule has 3 aromatic rings.